The first kappa shape index (κ1) is 11.9. The van der Waals surface area contributed by atoms with Crippen molar-refractivity contribution in [3.8, 4) is 11.9 Å². The third-order valence-corrected chi connectivity index (χ3v) is 3.26. The molecule has 1 saturated carbocycles. The second kappa shape index (κ2) is 5.65. The molecule has 1 heterocycles. The zero-order chi connectivity index (χ0) is 12.1. The molecule has 90 valence electrons. The van der Waals surface area contributed by atoms with Gasteiger partial charge in [0.2, 0.25) is 5.88 Å². The van der Waals surface area contributed by atoms with Crippen molar-refractivity contribution in [2.45, 2.75) is 31.8 Å². The van der Waals surface area contributed by atoms with Gasteiger partial charge in [-0.3, -0.25) is 0 Å². The summed E-state index contributed by atoms with van der Waals surface area (Å²) in [4.78, 5) is 4.15. The van der Waals surface area contributed by atoms with E-state index in [9.17, 15) is 0 Å². The van der Waals surface area contributed by atoms with E-state index >= 15 is 0 Å². The molecule has 1 aromatic rings. The molecule has 17 heavy (non-hydrogen) atoms. The number of rotatable bonds is 4. The first-order valence-electron chi connectivity index (χ1n) is 5.95. The van der Waals surface area contributed by atoms with Crippen molar-refractivity contribution in [3.05, 3.63) is 23.9 Å². The summed E-state index contributed by atoms with van der Waals surface area (Å²) in [6, 6.07) is 6.56. The van der Waals surface area contributed by atoms with Crippen LogP contribution >= 0.6 is 0 Å². The Morgan fingerprint density at radius 3 is 3.06 bits per heavy atom. The summed E-state index contributed by atoms with van der Waals surface area (Å²) in [7, 11) is 1.61. The SMILES string of the molecule is COc1ccc(CNC2CCCC2C#N)cn1. The number of nitriles is 1. The zero-order valence-electron chi connectivity index (χ0n) is 10.0. The van der Waals surface area contributed by atoms with E-state index in [0.29, 0.717) is 11.9 Å². The van der Waals surface area contributed by atoms with Crippen molar-refractivity contribution in [1.29, 1.82) is 5.26 Å². The minimum Gasteiger partial charge on any atom is -0.481 e. The fourth-order valence-corrected chi connectivity index (χ4v) is 2.24. The second-order valence-corrected chi connectivity index (χ2v) is 4.36. The minimum atomic E-state index is 0.168. The highest BCUT2D eigenvalue weighted by Crippen LogP contribution is 2.25. The molecule has 1 aliphatic rings. The molecule has 2 rings (SSSR count). The Labute approximate surface area is 102 Å². The van der Waals surface area contributed by atoms with Gasteiger partial charge in [0, 0.05) is 24.8 Å². The van der Waals surface area contributed by atoms with Crippen LogP contribution < -0.4 is 10.1 Å². The predicted molar refractivity (Wildman–Crippen MR) is 64.4 cm³/mol. The fraction of sp³-hybridized carbons (Fsp3) is 0.538. The summed E-state index contributed by atoms with van der Waals surface area (Å²) in [5, 5.41) is 12.4. The first-order valence-corrected chi connectivity index (χ1v) is 5.95. The fourth-order valence-electron chi connectivity index (χ4n) is 2.24. The molecule has 4 nitrogen and oxygen atoms in total. The summed E-state index contributed by atoms with van der Waals surface area (Å²) in [5.74, 6) is 0.797. The molecule has 1 N–H and O–H groups in total. The van der Waals surface area contributed by atoms with E-state index in [1.165, 1.54) is 0 Å². The topological polar surface area (TPSA) is 57.9 Å². The van der Waals surface area contributed by atoms with Crippen LogP contribution in [-0.4, -0.2) is 18.1 Å². The van der Waals surface area contributed by atoms with E-state index in [0.717, 1.165) is 31.4 Å². The molecule has 0 saturated heterocycles. The lowest BCUT2D eigenvalue weighted by atomic mass is 10.1. The number of methoxy groups -OCH3 is 1. The predicted octanol–water partition coefficient (Wildman–Crippen LogP) is 1.87. The van der Waals surface area contributed by atoms with E-state index in [2.05, 4.69) is 16.4 Å². The molecule has 4 heteroatoms. The number of nitrogens with zero attached hydrogens (tertiary/aromatic N) is 2. The summed E-state index contributed by atoms with van der Waals surface area (Å²) >= 11 is 0. The van der Waals surface area contributed by atoms with Gasteiger partial charge in [0.1, 0.15) is 0 Å². The number of pyridine rings is 1. The highest BCUT2D eigenvalue weighted by molar-refractivity contribution is 5.17. The van der Waals surface area contributed by atoms with Gasteiger partial charge in [0.05, 0.1) is 19.1 Å². The maximum absolute atomic E-state index is 8.98. The largest absolute Gasteiger partial charge is 0.481 e. The molecule has 0 aliphatic heterocycles. The van der Waals surface area contributed by atoms with Crippen LogP contribution in [0.2, 0.25) is 0 Å². The van der Waals surface area contributed by atoms with Crippen LogP contribution in [0.15, 0.2) is 18.3 Å². The van der Waals surface area contributed by atoms with E-state index in [1.54, 1.807) is 7.11 Å². The van der Waals surface area contributed by atoms with E-state index in [-0.39, 0.29) is 5.92 Å². The number of hydrogen-bond acceptors (Lipinski definition) is 4. The Hall–Kier alpha value is -1.60. The quantitative estimate of drug-likeness (QED) is 0.859. The van der Waals surface area contributed by atoms with Crippen molar-refractivity contribution in [1.82, 2.24) is 10.3 Å². The Bertz CT molecular complexity index is 396. The van der Waals surface area contributed by atoms with Gasteiger partial charge in [-0.15, -0.1) is 0 Å². The van der Waals surface area contributed by atoms with Gasteiger partial charge in [-0.05, 0) is 18.4 Å². The minimum absolute atomic E-state index is 0.168. The highest BCUT2D eigenvalue weighted by atomic mass is 16.5. The van der Waals surface area contributed by atoms with E-state index < -0.39 is 0 Å². The molecule has 1 aromatic heterocycles. The van der Waals surface area contributed by atoms with Crippen molar-refractivity contribution in [3.63, 3.8) is 0 Å². The average molecular weight is 231 g/mol. The number of aromatic nitrogens is 1. The van der Waals surface area contributed by atoms with Crippen molar-refractivity contribution < 1.29 is 4.74 Å². The smallest absolute Gasteiger partial charge is 0.212 e. The van der Waals surface area contributed by atoms with Crippen molar-refractivity contribution in [2.24, 2.45) is 5.92 Å². The van der Waals surface area contributed by atoms with Gasteiger partial charge in [0.25, 0.3) is 0 Å². The monoisotopic (exact) mass is 231 g/mol. The first-order chi connectivity index (χ1) is 8.33. The van der Waals surface area contributed by atoms with Crippen LogP contribution in [-0.2, 0) is 6.54 Å². The molecule has 0 spiro atoms. The second-order valence-electron chi connectivity index (χ2n) is 4.36. The Morgan fingerprint density at radius 1 is 1.53 bits per heavy atom. The number of hydrogen-bond donors (Lipinski definition) is 1. The molecular formula is C13H17N3O. The summed E-state index contributed by atoms with van der Waals surface area (Å²) in [6.07, 6.45) is 5.08. The van der Waals surface area contributed by atoms with Crippen LogP contribution in [0.25, 0.3) is 0 Å². The molecule has 2 unspecified atom stereocenters. The van der Waals surface area contributed by atoms with Crippen LogP contribution in [0.3, 0.4) is 0 Å². The van der Waals surface area contributed by atoms with Crippen LogP contribution in [0.5, 0.6) is 5.88 Å². The lowest BCUT2D eigenvalue weighted by molar-refractivity contribution is 0.397. The zero-order valence-corrected chi connectivity index (χ0v) is 10.0. The molecule has 0 bridgehead atoms. The highest BCUT2D eigenvalue weighted by Gasteiger charge is 2.26. The van der Waals surface area contributed by atoms with Crippen LogP contribution in [0, 0.1) is 17.2 Å². The van der Waals surface area contributed by atoms with Gasteiger partial charge in [-0.1, -0.05) is 12.5 Å². The number of nitrogens with one attached hydrogen (secondary N) is 1. The third kappa shape index (κ3) is 2.95. The Balaban J connectivity index is 1.87. The lowest BCUT2D eigenvalue weighted by Gasteiger charge is -2.15. The van der Waals surface area contributed by atoms with Crippen molar-refractivity contribution in [2.75, 3.05) is 7.11 Å². The summed E-state index contributed by atoms with van der Waals surface area (Å²) in [6.45, 7) is 0.764. The standard InChI is InChI=1S/C13H17N3O/c1-17-13-6-5-10(9-16-13)8-15-12-4-2-3-11(12)7-14/h5-6,9,11-12,15H,2-4,8H2,1H3. The Morgan fingerprint density at radius 2 is 2.41 bits per heavy atom. The van der Waals surface area contributed by atoms with Gasteiger partial charge in [-0.2, -0.15) is 5.26 Å². The van der Waals surface area contributed by atoms with Gasteiger partial charge in [0.15, 0.2) is 0 Å². The number of ether oxygens (including phenoxy) is 1. The van der Waals surface area contributed by atoms with Gasteiger partial charge < -0.3 is 10.1 Å². The molecular weight excluding hydrogens is 214 g/mol. The van der Waals surface area contributed by atoms with E-state index in [4.69, 9.17) is 10.00 Å². The third-order valence-electron chi connectivity index (χ3n) is 3.26. The maximum atomic E-state index is 8.98. The van der Waals surface area contributed by atoms with Crippen molar-refractivity contribution >= 4 is 0 Å². The Kier molecular flexibility index (Phi) is 3.94. The van der Waals surface area contributed by atoms with Crippen LogP contribution in [0.1, 0.15) is 24.8 Å². The molecule has 0 radical (unpaired) electrons. The average Bonchev–Trinajstić information content (AvgIpc) is 2.84. The molecule has 0 amide bonds. The molecule has 2 atom stereocenters. The van der Waals surface area contributed by atoms with E-state index in [1.807, 2.05) is 18.3 Å². The molecule has 1 fully saturated rings. The van der Waals surface area contributed by atoms with Gasteiger partial charge in [-0.25, -0.2) is 4.98 Å². The van der Waals surface area contributed by atoms with Gasteiger partial charge >= 0.3 is 0 Å². The van der Waals surface area contributed by atoms with Crippen LogP contribution in [0.4, 0.5) is 0 Å². The maximum Gasteiger partial charge on any atom is 0.212 e. The summed E-state index contributed by atoms with van der Waals surface area (Å²) < 4.78 is 5.01. The summed E-state index contributed by atoms with van der Waals surface area (Å²) in [5.41, 5.74) is 1.12. The molecule has 1 aliphatic carbocycles. The molecule has 0 aromatic carbocycles. The lowest BCUT2D eigenvalue weighted by Crippen LogP contribution is -2.31. The normalized spacial score (nSPS) is 23.3.